The van der Waals surface area contributed by atoms with Crippen molar-refractivity contribution in [3.05, 3.63) is 101 Å². The Balaban J connectivity index is 1.41. The standard InChI is InChI=1S/C35H37ClN4O4S/c1-21-28(22(2)40(37-21)19-23-9-13-27(36)14-10-23)20-39-31(18-29(41)24-11-12-24)45-30(33(39)42)17-26-8-6-7-25-15-16-38(32(25)26)34(43)44-35(3,4)5/h6-10,13-14,17-18,24H,11-12,15-16,19-20H2,1-5H3/b30-17-,31-18-. The van der Waals surface area contributed by atoms with E-state index in [0.717, 1.165) is 52.2 Å². The van der Waals surface area contributed by atoms with Gasteiger partial charge < -0.3 is 4.74 Å². The molecular formula is C35H37ClN4O4S. The topological polar surface area (TPSA) is 86.4 Å². The molecule has 0 atom stereocenters. The first-order valence-corrected chi connectivity index (χ1v) is 16.4. The summed E-state index contributed by atoms with van der Waals surface area (Å²) in [4.78, 5) is 41.8. The minimum Gasteiger partial charge on any atom is -0.443 e. The zero-order valence-corrected chi connectivity index (χ0v) is 27.8. The number of carbonyl (C=O) groups excluding carboxylic acids is 2. The molecule has 0 unspecified atom stereocenters. The monoisotopic (exact) mass is 644 g/mol. The van der Waals surface area contributed by atoms with E-state index in [1.165, 1.54) is 11.3 Å². The van der Waals surface area contributed by atoms with Crippen LogP contribution in [-0.2, 0) is 29.0 Å². The molecule has 0 N–H and O–H groups in total. The van der Waals surface area contributed by atoms with Gasteiger partial charge in [-0.05, 0) is 83.2 Å². The predicted molar refractivity (Wildman–Crippen MR) is 179 cm³/mol. The second-order valence-electron chi connectivity index (χ2n) is 12.8. The number of ketones is 1. The zero-order valence-electron chi connectivity index (χ0n) is 26.2. The van der Waals surface area contributed by atoms with Crippen molar-refractivity contribution in [1.82, 2.24) is 14.3 Å². The smallest absolute Gasteiger partial charge is 0.414 e. The zero-order chi connectivity index (χ0) is 32.0. The van der Waals surface area contributed by atoms with Gasteiger partial charge in [-0.1, -0.05) is 41.9 Å². The Morgan fingerprint density at radius 1 is 1.09 bits per heavy atom. The van der Waals surface area contributed by atoms with Gasteiger partial charge in [-0.2, -0.15) is 5.10 Å². The SMILES string of the molecule is Cc1nn(Cc2ccc(Cl)cc2)c(C)c1Cn1c(=O)/c(=C/c2cccc3c2N(C(=O)OC(C)(C)C)CC3)s/c1=C\C(=O)C1CC1. The third-order valence-corrected chi connectivity index (χ3v) is 9.51. The maximum Gasteiger partial charge on any atom is 0.414 e. The maximum atomic E-state index is 14.1. The second-order valence-corrected chi connectivity index (χ2v) is 14.3. The lowest BCUT2D eigenvalue weighted by Gasteiger charge is -2.25. The van der Waals surface area contributed by atoms with Gasteiger partial charge in [0.25, 0.3) is 5.56 Å². The van der Waals surface area contributed by atoms with Crippen molar-refractivity contribution in [1.29, 1.82) is 0 Å². The third-order valence-electron chi connectivity index (χ3n) is 8.20. The first kappa shape index (κ1) is 31.0. The Morgan fingerprint density at radius 3 is 2.51 bits per heavy atom. The molecule has 3 heterocycles. The molecule has 0 radical (unpaired) electrons. The molecule has 10 heteroatoms. The van der Waals surface area contributed by atoms with Crippen molar-refractivity contribution >= 4 is 52.7 Å². The van der Waals surface area contributed by atoms with Crippen molar-refractivity contribution in [2.45, 2.75) is 72.6 Å². The molecule has 2 aliphatic rings. The molecule has 6 rings (SSSR count). The summed E-state index contributed by atoms with van der Waals surface area (Å²) in [6.45, 7) is 10.9. The van der Waals surface area contributed by atoms with Gasteiger partial charge in [0.05, 0.1) is 29.0 Å². The molecule has 1 fully saturated rings. The molecule has 1 aliphatic heterocycles. The van der Waals surface area contributed by atoms with E-state index < -0.39 is 11.7 Å². The number of fused-ring (bicyclic) bond motifs is 1. The summed E-state index contributed by atoms with van der Waals surface area (Å²) < 4.78 is 10.4. The molecule has 8 nitrogen and oxygen atoms in total. The molecule has 45 heavy (non-hydrogen) atoms. The number of amides is 1. The largest absolute Gasteiger partial charge is 0.443 e. The number of anilines is 1. The molecule has 2 aromatic carbocycles. The third kappa shape index (κ3) is 6.70. The number of aromatic nitrogens is 3. The number of Topliss-reactive ketones (excluding diaryl/α,β-unsaturated/α-hetero) is 1. The average molecular weight is 645 g/mol. The minimum absolute atomic E-state index is 0.0356. The molecule has 234 valence electrons. The van der Waals surface area contributed by atoms with Crippen LogP contribution in [0.2, 0.25) is 5.02 Å². The Hall–Kier alpha value is -3.95. The normalized spacial score (nSPS) is 15.6. The van der Waals surface area contributed by atoms with E-state index >= 15 is 0 Å². The Labute approximate surface area is 271 Å². The summed E-state index contributed by atoms with van der Waals surface area (Å²) in [5.41, 5.74) is 5.56. The van der Waals surface area contributed by atoms with E-state index in [9.17, 15) is 14.4 Å². The van der Waals surface area contributed by atoms with Gasteiger partial charge >= 0.3 is 6.09 Å². The summed E-state index contributed by atoms with van der Waals surface area (Å²) in [6.07, 6.45) is 5.54. The van der Waals surface area contributed by atoms with Crippen LogP contribution in [0.25, 0.3) is 12.2 Å². The van der Waals surface area contributed by atoms with Crippen LogP contribution in [0.5, 0.6) is 0 Å². The van der Waals surface area contributed by atoms with Gasteiger partial charge in [0.1, 0.15) is 10.3 Å². The predicted octanol–water partition coefficient (Wildman–Crippen LogP) is 5.36. The fourth-order valence-corrected chi connectivity index (χ4v) is 6.85. The van der Waals surface area contributed by atoms with Gasteiger partial charge in [0.2, 0.25) is 0 Å². The van der Waals surface area contributed by atoms with Crippen molar-refractivity contribution in [2.75, 3.05) is 11.4 Å². The van der Waals surface area contributed by atoms with Crippen LogP contribution in [0.4, 0.5) is 10.5 Å². The van der Waals surface area contributed by atoms with Crippen LogP contribution in [0.3, 0.4) is 0 Å². The number of ether oxygens (including phenoxy) is 1. The Morgan fingerprint density at radius 2 is 1.82 bits per heavy atom. The quantitative estimate of drug-likeness (QED) is 0.271. The summed E-state index contributed by atoms with van der Waals surface area (Å²) in [5, 5.41) is 5.46. The summed E-state index contributed by atoms with van der Waals surface area (Å²) in [7, 11) is 0. The highest BCUT2D eigenvalue weighted by atomic mass is 35.5. The molecule has 1 amide bonds. The Kier molecular flexibility index (Phi) is 8.35. The Bertz CT molecular complexity index is 1980. The van der Waals surface area contributed by atoms with Crippen LogP contribution in [0.1, 0.15) is 67.3 Å². The molecule has 1 saturated carbocycles. The van der Waals surface area contributed by atoms with Gasteiger partial charge in [0, 0.05) is 40.4 Å². The number of nitrogens with zero attached hydrogens (tertiary/aromatic N) is 4. The average Bonchev–Trinajstić information content (AvgIpc) is 3.61. The van der Waals surface area contributed by atoms with Crippen LogP contribution in [-0.4, -0.2) is 38.4 Å². The highest BCUT2D eigenvalue weighted by molar-refractivity contribution is 7.07. The minimum atomic E-state index is -0.627. The number of halogens is 1. The molecule has 1 aliphatic carbocycles. The summed E-state index contributed by atoms with van der Waals surface area (Å²) >= 11 is 7.38. The number of thiazole rings is 1. The number of aryl methyl sites for hydroxylation is 1. The lowest BCUT2D eigenvalue weighted by atomic mass is 10.1. The van der Waals surface area contributed by atoms with E-state index in [4.69, 9.17) is 21.4 Å². The lowest BCUT2D eigenvalue weighted by Crippen LogP contribution is -2.36. The maximum absolute atomic E-state index is 14.1. The van der Waals surface area contributed by atoms with E-state index in [1.54, 1.807) is 15.5 Å². The number of benzene rings is 2. The molecule has 0 bridgehead atoms. The van der Waals surface area contributed by atoms with E-state index in [1.807, 2.05) is 87.8 Å². The highest BCUT2D eigenvalue weighted by Gasteiger charge is 2.31. The van der Waals surface area contributed by atoms with Crippen LogP contribution < -0.4 is 19.7 Å². The number of carbonyl (C=O) groups is 2. The molecular weight excluding hydrogens is 608 g/mol. The summed E-state index contributed by atoms with van der Waals surface area (Å²) in [6, 6.07) is 13.5. The number of hydrogen-bond donors (Lipinski definition) is 0. The molecule has 0 saturated heterocycles. The van der Waals surface area contributed by atoms with E-state index in [-0.39, 0.29) is 17.3 Å². The van der Waals surface area contributed by atoms with Crippen molar-refractivity contribution in [3.8, 4) is 0 Å². The van der Waals surface area contributed by atoms with Crippen molar-refractivity contribution < 1.29 is 14.3 Å². The van der Waals surface area contributed by atoms with Crippen molar-refractivity contribution in [2.24, 2.45) is 5.92 Å². The van der Waals surface area contributed by atoms with Crippen LogP contribution in [0, 0.1) is 19.8 Å². The summed E-state index contributed by atoms with van der Waals surface area (Å²) in [5.74, 6) is 0.0913. The number of rotatable bonds is 7. The first-order chi connectivity index (χ1) is 21.4. The van der Waals surface area contributed by atoms with E-state index in [2.05, 4.69) is 0 Å². The number of para-hydroxylation sites is 1. The van der Waals surface area contributed by atoms with Crippen LogP contribution in [0.15, 0.2) is 47.3 Å². The second kappa shape index (κ2) is 12.1. The van der Waals surface area contributed by atoms with Gasteiger partial charge in [-0.25, -0.2) is 4.79 Å². The van der Waals surface area contributed by atoms with Crippen LogP contribution >= 0.6 is 22.9 Å². The fourth-order valence-electron chi connectivity index (χ4n) is 5.68. The molecule has 2 aromatic heterocycles. The highest BCUT2D eigenvalue weighted by Crippen LogP contribution is 2.33. The molecule has 0 spiro atoms. The number of hydrogen-bond acceptors (Lipinski definition) is 6. The van der Waals surface area contributed by atoms with Gasteiger partial charge in [-0.3, -0.25) is 23.7 Å². The van der Waals surface area contributed by atoms with Gasteiger partial charge in [-0.15, -0.1) is 11.3 Å². The fraction of sp³-hybridized carbons (Fsp3) is 0.371. The van der Waals surface area contributed by atoms with Crippen molar-refractivity contribution in [3.63, 3.8) is 0 Å². The lowest BCUT2D eigenvalue weighted by molar-refractivity contribution is -0.114. The molecule has 4 aromatic rings. The van der Waals surface area contributed by atoms with Gasteiger partial charge in [0.15, 0.2) is 5.78 Å². The first-order valence-electron chi connectivity index (χ1n) is 15.2. The van der Waals surface area contributed by atoms with E-state index in [0.29, 0.717) is 40.3 Å².